The van der Waals surface area contributed by atoms with Crippen molar-refractivity contribution in [2.75, 3.05) is 72.1 Å². The molecule has 0 bridgehead atoms. The number of hydrogen-bond acceptors (Lipinski definition) is 13. The zero-order valence-corrected chi connectivity index (χ0v) is 62.3. The largest absolute Gasteiger partial charge is 0.396 e. The molecule has 7 atom stereocenters. The highest BCUT2D eigenvalue weighted by Crippen LogP contribution is 2.14. The van der Waals surface area contributed by atoms with Crippen molar-refractivity contribution in [2.45, 2.75) is 206 Å². The van der Waals surface area contributed by atoms with E-state index < -0.39 is 0 Å². The van der Waals surface area contributed by atoms with E-state index in [9.17, 15) is 47.9 Å². The van der Waals surface area contributed by atoms with Crippen LogP contribution in [0.15, 0.2) is 30.3 Å². The molecule has 0 spiro atoms. The molecule has 23 heteroatoms. The Labute approximate surface area is 558 Å². The zero-order chi connectivity index (χ0) is 73.8. The lowest BCUT2D eigenvalue weighted by atomic mass is 9.93. The fraction of sp³-hybridized carbons (Fsp3) is 0.754. The lowest BCUT2D eigenvalue weighted by Crippen LogP contribution is -2.34. The average Bonchev–Trinajstić information content (AvgIpc) is 3.71. The first-order valence-electron chi connectivity index (χ1n) is 33.4. The van der Waals surface area contributed by atoms with Gasteiger partial charge < -0.3 is 58.3 Å². The third-order valence-corrected chi connectivity index (χ3v) is 12.7. The Morgan fingerprint density at radius 1 is 0.424 bits per heavy atom. The van der Waals surface area contributed by atoms with Crippen LogP contribution in [-0.2, 0) is 64.0 Å². The molecule has 11 N–H and O–H groups in total. The second-order valence-electron chi connectivity index (χ2n) is 22.7. The molecule has 0 aliphatic carbocycles. The number of benzene rings is 1. The molecule has 1 rings (SSSR count). The predicted octanol–water partition coefficient (Wildman–Crippen LogP) is 7.79. The van der Waals surface area contributed by atoms with Crippen molar-refractivity contribution in [2.24, 2.45) is 65.1 Å². The molecule has 10 amide bonds. The van der Waals surface area contributed by atoms with Gasteiger partial charge >= 0.3 is 6.15 Å². The fourth-order valence-corrected chi connectivity index (χ4v) is 6.33. The maximum absolute atomic E-state index is 11.4. The highest BCUT2D eigenvalue weighted by atomic mass is 16.3. The van der Waals surface area contributed by atoms with Crippen LogP contribution in [0.5, 0.6) is 0 Å². The van der Waals surface area contributed by atoms with Gasteiger partial charge in [-0.1, -0.05) is 154 Å². The molecule has 23 nitrogen and oxygen atoms in total. The van der Waals surface area contributed by atoms with E-state index in [1.165, 1.54) is 5.56 Å². The van der Waals surface area contributed by atoms with Gasteiger partial charge in [-0.3, -0.25) is 47.9 Å². The topological polar surface area (TPSA) is 345 Å². The number of rotatable bonds is 29. The number of aliphatic hydroxyl groups is 1. The van der Waals surface area contributed by atoms with Crippen molar-refractivity contribution in [3.8, 4) is 0 Å². The number of amides is 10. The van der Waals surface area contributed by atoms with Gasteiger partial charge in [-0.15, -0.1) is 0 Å². The molecule has 1 aromatic rings. The Bertz CT molecular complexity index is 1980. The van der Waals surface area contributed by atoms with E-state index >= 15 is 0 Å². The van der Waals surface area contributed by atoms with E-state index in [-0.39, 0.29) is 113 Å². The van der Waals surface area contributed by atoms with Crippen LogP contribution >= 0.6 is 0 Å². The Balaban J connectivity index is -0.000000120. The first kappa shape index (κ1) is 104. The molecule has 0 heterocycles. The van der Waals surface area contributed by atoms with E-state index in [2.05, 4.69) is 107 Å². The predicted molar refractivity (Wildman–Crippen MR) is 373 cm³/mol. The molecule has 0 aromatic heterocycles. The monoisotopic (exact) mass is 1310 g/mol. The van der Waals surface area contributed by atoms with Crippen LogP contribution in [0, 0.1) is 65.1 Å². The molecule has 0 aliphatic rings. The first-order valence-corrected chi connectivity index (χ1v) is 33.4. The molecule has 0 saturated carbocycles. The van der Waals surface area contributed by atoms with Crippen molar-refractivity contribution < 1.29 is 62.6 Å². The number of nitrogens with one attached hydrogen (secondary N) is 10. The van der Waals surface area contributed by atoms with Gasteiger partial charge in [0.25, 0.3) is 0 Å². The molecule has 7 unspecified atom stereocenters. The van der Waals surface area contributed by atoms with Crippen LogP contribution < -0.4 is 53.2 Å². The van der Waals surface area contributed by atoms with Crippen molar-refractivity contribution in [3.63, 3.8) is 0 Å². The van der Waals surface area contributed by atoms with Gasteiger partial charge in [-0.25, -0.2) is 0 Å². The minimum Gasteiger partial charge on any atom is -0.396 e. The van der Waals surface area contributed by atoms with E-state index in [0.29, 0.717) is 56.8 Å². The zero-order valence-electron chi connectivity index (χ0n) is 62.3. The van der Waals surface area contributed by atoms with Crippen molar-refractivity contribution >= 4 is 65.7 Å². The maximum atomic E-state index is 11.4. The van der Waals surface area contributed by atoms with Gasteiger partial charge in [0.15, 0.2) is 0 Å². The van der Waals surface area contributed by atoms with E-state index in [4.69, 9.17) is 14.7 Å². The van der Waals surface area contributed by atoms with Gasteiger partial charge in [0, 0.05) is 107 Å². The van der Waals surface area contributed by atoms with Crippen molar-refractivity contribution in [1.82, 2.24) is 53.2 Å². The van der Waals surface area contributed by atoms with Crippen LogP contribution in [0.25, 0.3) is 0 Å². The lowest BCUT2D eigenvalue weighted by Gasteiger charge is -2.16. The van der Waals surface area contributed by atoms with Crippen molar-refractivity contribution in [3.05, 3.63) is 35.9 Å². The molecule has 0 fully saturated rings. The summed E-state index contributed by atoms with van der Waals surface area (Å²) >= 11 is 0. The fourth-order valence-electron chi connectivity index (χ4n) is 6.33. The molecule has 0 saturated heterocycles. The molecule has 0 aliphatic heterocycles. The molecule has 540 valence electrons. The Kier molecular flexibility index (Phi) is 84.8. The summed E-state index contributed by atoms with van der Waals surface area (Å²) in [6, 6.07) is 10.1. The molecule has 92 heavy (non-hydrogen) atoms. The standard InChI is InChI=1S/C12H17NO.2C9H19NO.C8H17NO.C7H14N2O2.C6H13NO2.2C6H13NO.C5H11NO.CO2/c1-3-13-12(14)10(2)9-11-7-5-4-6-8-11;1-5-10-9(11)8(4)6-7(2)3;1-5-7(3)8(4)9(11)10-6-2;1-5-9-8(10)7(4)6(2)3;1-3-9-7(11)6(2)4-8-5-10;1-3-7-6(9)5(2)4-8;2*1-4-7-6(8)5(2)3;1-3-5(7)6-4-2;2-1-3/h4-8,10H,3,9H2,1-2H3,(H,13,14);2*7-8H,5-6H2,1-4H3,(H,10,11);6-7H,5H2,1-4H3,(H,9,10);5-6H,3-4H2,1-2H3,(H,8,10)(H,9,11);5,8H,3-4H2,1-2H3,(H,7,9);2*5H,4H2,1-3H3,(H,7,8);3-4H2,1-2H3,(H,6,7);. The van der Waals surface area contributed by atoms with Crippen LogP contribution in [0.3, 0.4) is 0 Å². The third kappa shape index (κ3) is 75.7. The van der Waals surface area contributed by atoms with Crippen LogP contribution in [-0.4, -0.2) is 143 Å². The maximum Gasteiger partial charge on any atom is 0.373 e. The van der Waals surface area contributed by atoms with Gasteiger partial charge in [0.05, 0.1) is 18.4 Å². The van der Waals surface area contributed by atoms with Gasteiger partial charge in [0.2, 0.25) is 59.6 Å². The second-order valence-corrected chi connectivity index (χ2v) is 22.7. The number of carbonyl (C=O) groups is 10. The quantitative estimate of drug-likeness (QED) is 0.0342. The molecule has 1 aromatic carbocycles. The summed E-state index contributed by atoms with van der Waals surface area (Å²) in [7, 11) is 0. The Morgan fingerprint density at radius 2 is 0.739 bits per heavy atom. The minimum atomic E-state index is -0.273. The molecular formula is C69H136N10O13. The second kappa shape index (κ2) is 75.0. The Morgan fingerprint density at radius 3 is 1.01 bits per heavy atom. The summed E-state index contributed by atoms with van der Waals surface area (Å²) in [6.45, 7) is 57.2. The van der Waals surface area contributed by atoms with E-state index in [1.54, 1.807) is 13.8 Å². The number of carbonyl (C=O) groups excluding carboxylic acids is 12. The highest BCUT2D eigenvalue weighted by molar-refractivity contribution is 5.81. The van der Waals surface area contributed by atoms with Crippen LogP contribution in [0.4, 0.5) is 0 Å². The van der Waals surface area contributed by atoms with Crippen LogP contribution in [0.1, 0.15) is 205 Å². The first-order chi connectivity index (χ1) is 43.1. The van der Waals surface area contributed by atoms with Crippen LogP contribution in [0.2, 0.25) is 0 Å². The van der Waals surface area contributed by atoms with Crippen molar-refractivity contribution in [1.29, 1.82) is 0 Å². The summed E-state index contributed by atoms with van der Waals surface area (Å²) < 4.78 is 0. The molecule has 0 radical (unpaired) electrons. The van der Waals surface area contributed by atoms with Gasteiger partial charge in [-0.05, 0) is 98.5 Å². The summed E-state index contributed by atoms with van der Waals surface area (Å²) in [5.41, 5.74) is 1.21. The third-order valence-electron chi connectivity index (χ3n) is 12.7. The summed E-state index contributed by atoms with van der Waals surface area (Å²) in [6.07, 6.45) is 4.29. The van der Waals surface area contributed by atoms with Gasteiger partial charge in [0.1, 0.15) is 0 Å². The average molecular weight is 1310 g/mol. The lowest BCUT2D eigenvalue weighted by molar-refractivity contribution is -0.192. The number of aliphatic hydroxyl groups excluding tert-OH is 1. The van der Waals surface area contributed by atoms with Gasteiger partial charge in [-0.2, -0.15) is 9.59 Å². The summed E-state index contributed by atoms with van der Waals surface area (Å²) in [4.78, 5) is 124. The normalized spacial score (nSPS) is 11.8. The SMILES string of the molecule is CCNC(=O)C(C)C.CCNC(=O)C(C)C.CCNC(=O)C(C)C(C)C.CCNC(=O)C(C)C(C)CC.CCNC(=O)C(C)CC(C)C.CCNC(=O)C(C)CNC=O.CCNC(=O)C(C)CO.CCNC(=O)C(C)Cc1ccccc1.CCNC(=O)CC.O=C=O. The molecular weight excluding hydrogens is 1180 g/mol. The van der Waals surface area contributed by atoms with E-state index in [0.717, 1.165) is 58.5 Å². The number of hydrogen-bond donors (Lipinski definition) is 11. The summed E-state index contributed by atoms with van der Waals surface area (Å²) in [5, 5.41) is 35.5. The summed E-state index contributed by atoms with van der Waals surface area (Å²) in [5.74, 6) is 2.80. The smallest absolute Gasteiger partial charge is 0.373 e. The highest BCUT2D eigenvalue weighted by Gasteiger charge is 2.18. The van der Waals surface area contributed by atoms with E-state index in [1.807, 2.05) is 143 Å². The minimum absolute atomic E-state index is 0.0261. The Hall–Kier alpha value is -6.74.